The van der Waals surface area contributed by atoms with Gasteiger partial charge in [-0.2, -0.15) is 0 Å². The summed E-state index contributed by atoms with van der Waals surface area (Å²) < 4.78 is 75.5. The van der Waals surface area contributed by atoms with Crippen molar-refractivity contribution in [1.29, 1.82) is 0 Å². The second-order valence-electron chi connectivity index (χ2n) is 9.28. The number of alkyl halides is 1. The third kappa shape index (κ3) is 3.50. The summed E-state index contributed by atoms with van der Waals surface area (Å²) in [5.41, 5.74) is -2.66. The topological polar surface area (TPSA) is 80.9 Å². The number of halogens is 4. The molecule has 3 unspecified atom stereocenters. The van der Waals surface area contributed by atoms with Crippen LogP contribution in [0.3, 0.4) is 0 Å². The maximum Gasteiger partial charge on any atom is 0.414 e. The summed E-state index contributed by atoms with van der Waals surface area (Å²) in [7, 11) is 1.92. The number of likely N-dealkylation sites (tertiary alicyclic amines) is 1. The van der Waals surface area contributed by atoms with Gasteiger partial charge >= 0.3 is 6.09 Å². The van der Waals surface area contributed by atoms with Gasteiger partial charge in [0.25, 0.3) is 5.88 Å². The lowest BCUT2D eigenvalue weighted by Crippen LogP contribution is -2.28. The van der Waals surface area contributed by atoms with Crippen LogP contribution in [-0.4, -0.2) is 60.5 Å². The normalized spacial score (nSPS) is 27.3. The summed E-state index contributed by atoms with van der Waals surface area (Å²) in [6.45, 7) is 0.920. The van der Waals surface area contributed by atoms with Crippen LogP contribution in [0, 0.1) is 29.3 Å². The van der Waals surface area contributed by atoms with Crippen molar-refractivity contribution >= 4 is 11.8 Å². The Kier molecular flexibility index (Phi) is 5.18. The molecule has 1 amide bonds. The van der Waals surface area contributed by atoms with Crippen molar-refractivity contribution in [2.45, 2.75) is 11.8 Å². The number of pyridine rings is 1. The molecular weight excluding hydrogens is 484 g/mol. The highest BCUT2D eigenvalue weighted by Gasteiger charge is 2.70. The van der Waals surface area contributed by atoms with Crippen LogP contribution < -0.4 is 9.64 Å². The van der Waals surface area contributed by atoms with Gasteiger partial charge in [-0.3, -0.25) is 9.88 Å². The maximum atomic E-state index is 15.3. The first-order chi connectivity index (χ1) is 17.3. The molecule has 6 rings (SSSR count). The number of rotatable bonds is 6. The van der Waals surface area contributed by atoms with Gasteiger partial charge in [0.1, 0.15) is 18.7 Å². The largest absolute Gasteiger partial charge is 0.471 e. The number of nitrogens with zero attached hydrogens (tertiary/aromatic N) is 4. The summed E-state index contributed by atoms with van der Waals surface area (Å²) in [5.74, 6) is -4.17. The van der Waals surface area contributed by atoms with Crippen molar-refractivity contribution in [3.8, 4) is 17.0 Å². The van der Waals surface area contributed by atoms with Crippen molar-refractivity contribution in [2.24, 2.45) is 11.8 Å². The molecule has 4 heterocycles. The van der Waals surface area contributed by atoms with Crippen LogP contribution in [-0.2, 0) is 10.4 Å². The van der Waals surface area contributed by atoms with E-state index < -0.39 is 46.6 Å². The molecule has 8 nitrogen and oxygen atoms in total. The van der Waals surface area contributed by atoms with E-state index in [4.69, 9.17) is 9.47 Å². The third-order valence-corrected chi connectivity index (χ3v) is 7.05. The Labute approximate surface area is 202 Å². The van der Waals surface area contributed by atoms with Gasteiger partial charge < -0.3 is 18.9 Å². The van der Waals surface area contributed by atoms with Crippen molar-refractivity contribution in [2.75, 3.05) is 38.2 Å². The van der Waals surface area contributed by atoms with Gasteiger partial charge in [-0.1, -0.05) is 6.07 Å². The summed E-state index contributed by atoms with van der Waals surface area (Å²) >= 11 is 0. The minimum absolute atomic E-state index is 0.0476. The van der Waals surface area contributed by atoms with Crippen molar-refractivity contribution in [3.05, 3.63) is 59.9 Å². The maximum absolute atomic E-state index is 15.3. The molecule has 0 spiro atoms. The fourth-order valence-electron chi connectivity index (χ4n) is 5.22. The number of aromatic nitrogens is 2. The first-order valence-electron chi connectivity index (χ1n) is 11.3. The van der Waals surface area contributed by atoms with E-state index in [2.05, 4.69) is 14.7 Å². The van der Waals surface area contributed by atoms with Crippen LogP contribution >= 0.6 is 0 Å². The average molecular weight is 504 g/mol. The Bertz CT molecular complexity index is 1310. The molecule has 2 aliphatic heterocycles. The molecule has 36 heavy (non-hydrogen) atoms. The van der Waals surface area contributed by atoms with Crippen LogP contribution in [0.15, 0.2) is 41.2 Å². The molecule has 0 N–H and O–H groups in total. The van der Waals surface area contributed by atoms with Crippen molar-refractivity contribution in [1.82, 2.24) is 15.0 Å². The van der Waals surface area contributed by atoms with Crippen LogP contribution in [0.1, 0.15) is 5.69 Å². The molecule has 2 aromatic heterocycles. The molecule has 1 aliphatic carbocycles. The Hall–Kier alpha value is -3.67. The molecule has 1 saturated carbocycles. The highest BCUT2D eigenvalue weighted by atomic mass is 19.2. The lowest BCUT2D eigenvalue weighted by molar-refractivity contribution is 0.101. The number of anilines is 1. The van der Waals surface area contributed by atoms with Gasteiger partial charge in [0, 0.05) is 48.8 Å². The number of carbonyl (C=O) groups excluding carboxylic acids is 1. The van der Waals surface area contributed by atoms with E-state index in [1.165, 1.54) is 24.5 Å². The second-order valence-corrected chi connectivity index (χ2v) is 9.28. The lowest BCUT2D eigenvalue weighted by atomic mass is 10.0. The first kappa shape index (κ1) is 22.8. The number of fused-ring (bicyclic) bond motifs is 1. The second kappa shape index (κ2) is 8.19. The fraction of sp³-hybridized carbons (Fsp3) is 0.375. The molecular formula is C24H20F4N4O4. The predicted octanol–water partition coefficient (Wildman–Crippen LogP) is 3.91. The number of cyclic esters (lactones) is 1. The van der Waals surface area contributed by atoms with Gasteiger partial charge in [0.05, 0.1) is 23.5 Å². The number of benzene rings is 1. The van der Waals surface area contributed by atoms with E-state index >= 15 is 17.6 Å². The monoisotopic (exact) mass is 504 g/mol. The van der Waals surface area contributed by atoms with E-state index in [0.29, 0.717) is 13.1 Å². The van der Waals surface area contributed by atoms with Crippen molar-refractivity contribution < 1.29 is 36.4 Å². The number of carbonyl (C=O) groups is 1. The summed E-state index contributed by atoms with van der Waals surface area (Å²) in [4.78, 5) is 19.2. The van der Waals surface area contributed by atoms with Crippen LogP contribution in [0.25, 0.3) is 11.1 Å². The van der Waals surface area contributed by atoms with Crippen LogP contribution in [0.5, 0.6) is 5.88 Å². The highest BCUT2D eigenvalue weighted by Crippen LogP contribution is 2.63. The van der Waals surface area contributed by atoms with Crippen LogP contribution in [0.4, 0.5) is 28.0 Å². The lowest BCUT2D eigenvalue weighted by Gasteiger charge is -2.18. The van der Waals surface area contributed by atoms with E-state index in [-0.39, 0.29) is 42.1 Å². The van der Waals surface area contributed by atoms with E-state index in [1.807, 2.05) is 11.9 Å². The Morgan fingerprint density at radius 2 is 1.92 bits per heavy atom. The smallest absolute Gasteiger partial charge is 0.414 e. The number of hydrogen-bond acceptors (Lipinski definition) is 7. The summed E-state index contributed by atoms with van der Waals surface area (Å²) in [6, 6.07) is 4.88. The van der Waals surface area contributed by atoms with Crippen molar-refractivity contribution in [3.63, 3.8) is 0 Å². The Morgan fingerprint density at radius 3 is 2.58 bits per heavy atom. The average Bonchev–Trinajstić information content (AvgIpc) is 3.39. The third-order valence-electron chi connectivity index (χ3n) is 7.05. The zero-order chi connectivity index (χ0) is 25.2. The molecule has 1 aromatic carbocycles. The molecule has 12 heteroatoms. The van der Waals surface area contributed by atoms with Gasteiger partial charge in [-0.25, -0.2) is 22.4 Å². The molecule has 3 fully saturated rings. The molecule has 0 radical (unpaired) electrons. The number of ether oxygens (including phenoxy) is 2. The predicted molar refractivity (Wildman–Crippen MR) is 116 cm³/mol. The van der Waals surface area contributed by atoms with E-state index in [9.17, 15) is 4.79 Å². The highest BCUT2D eigenvalue weighted by molar-refractivity contribution is 5.90. The number of hydrogen-bond donors (Lipinski definition) is 0. The molecule has 2 saturated heterocycles. The van der Waals surface area contributed by atoms with Gasteiger partial charge in [0.2, 0.25) is 0 Å². The zero-order valence-corrected chi connectivity index (χ0v) is 19.0. The van der Waals surface area contributed by atoms with E-state index in [0.717, 1.165) is 17.2 Å². The summed E-state index contributed by atoms with van der Waals surface area (Å²) in [5, 5.41) is 3.55. The molecule has 3 aliphatic rings. The van der Waals surface area contributed by atoms with Gasteiger partial charge in [-0.05, 0) is 18.3 Å². The van der Waals surface area contributed by atoms with Crippen LogP contribution in [0.2, 0.25) is 0 Å². The minimum atomic E-state index is -1.55. The minimum Gasteiger partial charge on any atom is -0.471 e. The van der Waals surface area contributed by atoms with E-state index in [1.54, 1.807) is 0 Å². The zero-order valence-electron chi connectivity index (χ0n) is 19.0. The van der Waals surface area contributed by atoms with Gasteiger partial charge in [0.15, 0.2) is 23.4 Å². The first-order valence-corrected chi connectivity index (χ1v) is 11.3. The quantitative estimate of drug-likeness (QED) is 0.372. The molecule has 0 bridgehead atoms. The SMILES string of the molecule is CN1CC2C(C1)C2(F)c1ccc(-c2c(F)cc(N3CC(COc4ccon4)OC3=O)c(F)c2F)cn1. The number of amides is 1. The molecule has 188 valence electrons. The molecule has 3 aromatic rings. The summed E-state index contributed by atoms with van der Waals surface area (Å²) in [6.07, 6.45) is 0.621. The Morgan fingerprint density at radius 1 is 1.14 bits per heavy atom. The van der Waals surface area contributed by atoms with Gasteiger partial charge in [-0.15, -0.1) is 0 Å². The Balaban J connectivity index is 1.21. The fourth-order valence-corrected chi connectivity index (χ4v) is 5.22. The standard InChI is InChI=1S/C24H20F4N4O4/c1-31-9-14-15(10-31)24(14,28)18-3-2-12(7-29-18)20-16(25)6-17(21(26)22(20)27)32-8-13(36-23(32)33)11-34-19-4-5-35-30-19/h2-7,13-15H,8-11H2,1H3. The molecule has 3 atom stereocenters. The number of piperidine rings is 1.